The molecule has 4 N–H and O–H groups in total. The Morgan fingerprint density at radius 2 is 2.11 bits per heavy atom. The van der Waals surface area contributed by atoms with Gasteiger partial charge in [0.15, 0.2) is 5.13 Å². The molecule has 100 valence electrons. The Morgan fingerprint density at radius 1 is 1.44 bits per heavy atom. The molecular weight excluding hydrogens is 250 g/mol. The molecule has 1 saturated carbocycles. The zero-order chi connectivity index (χ0) is 13.0. The molecule has 1 aromatic rings. The highest BCUT2D eigenvalue weighted by atomic mass is 32.1. The lowest BCUT2D eigenvalue weighted by Gasteiger charge is -2.31. The Labute approximate surface area is 110 Å². The van der Waals surface area contributed by atoms with Crippen LogP contribution in [0.25, 0.3) is 0 Å². The lowest BCUT2D eigenvalue weighted by molar-refractivity contribution is 0.0810. The molecule has 18 heavy (non-hydrogen) atoms. The first-order valence-electron chi connectivity index (χ1n) is 6.30. The van der Waals surface area contributed by atoms with Crippen molar-refractivity contribution in [3.05, 3.63) is 11.1 Å². The van der Waals surface area contributed by atoms with Crippen LogP contribution in [0.1, 0.15) is 48.2 Å². The molecule has 2 rings (SSSR count). The summed E-state index contributed by atoms with van der Waals surface area (Å²) in [5.41, 5.74) is 5.05. The van der Waals surface area contributed by atoms with Crippen LogP contribution in [0, 0.1) is 0 Å². The summed E-state index contributed by atoms with van der Waals surface area (Å²) in [6.45, 7) is -0.00692. The van der Waals surface area contributed by atoms with E-state index in [0.717, 1.165) is 25.7 Å². The van der Waals surface area contributed by atoms with E-state index in [-0.39, 0.29) is 12.5 Å². The highest BCUT2D eigenvalue weighted by Gasteiger charge is 2.32. The van der Waals surface area contributed by atoms with Crippen molar-refractivity contribution in [3.63, 3.8) is 0 Å². The molecule has 0 aromatic carbocycles. The second-order valence-corrected chi connectivity index (χ2v) is 5.93. The van der Waals surface area contributed by atoms with Gasteiger partial charge in [-0.1, -0.05) is 37.0 Å². The lowest BCUT2D eigenvalue weighted by atomic mass is 9.91. The molecule has 1 aromatic heterocycles. The molecule has 1 heterocycles. The molecule has 0 radical (unpaired) electrons. The summed E-state index contributed by atoms with van der Waals surface area (Å²) in [6.07, 6.45) is 7.59. The van der Waals surface area contributed by atoms with E-state index in [4.69, 9.17) is 5.73 Å². The third kappa shape index (κ3) is 3.00. The Kier molecular flexibility index (Phi) is 4.19. The highest BCUT2D eigenvalue weighted by molar-refractivity contribution is 7.17. The maximum atomic E-state index is 12.1. The predicted octanol–water partition coefficient (Wildman–Crippen LogP) is 1.54. The van der Waals surface area contributed by atoms with Gasteiger partial charge in [0.25, 0.3) is 5.91 Å². The van der Waals surface area contributed by atoms with E-state index in [1.54, 1.807) is 0 Å². The molecule has 6 heteroatoms. The monoisotopic (exact) mass is 269 g/mol. The van der Waals surface area contributed by atoms with Gasteiger partial charge in [0, 0.05) is 0 Å². The fourth-order valence-electron chi connectivity index (χ4n) is 2.42. The van der Waals surface area contributed by atoms with Crippen LogP contribution in [-0.4, -0.2) is 28.1 Å². The van der Waals surface area contributed by atoms with E-state index in [2.05, 4.69) is 10.3 Å². The van der Waals surface area contributed by atoms with Crippen LogP contribution in [-0.2, 0) is 0 Å². The van der Waals surface area contributed by atoms with Crippen LogP contribution in [0.3, 0.4) is 0 Å². The number of nitrogen functional groups attached to an aromatic ring is 1. The third-order valence-corrected chi connectivity index (χ3v) is 4.31. The summed E-state index contributed by atoms with van der Waals surface area (Å²) in [5.74, 6) is -0.180. The van der Waals surface area contributed by atoms with Gasteiger partial charge >= 0.3 is 0 Å². The number of nitrogens with zero attached hydrogens (tertiary/aromatic N) is 1. The largest absolute Gasteiger partial charge is 0.394 e. The van der Waals surface area contributed by atoms with Gasteiger partial charge in [0.05, 0.1) is 18.3 Å². The molecule has 1 fully saturated rings. The van der Waals surface area contributed by atoms with E-state index in [1.807, 2.05) is 0 Å². The molecule has 0 spiro atoms. The summed E-state index contributed by atoms with van der Waals surface area (Å²) >= 11 is 1.17. The SMILES string of the molecule is Nc1ncc(C(=O)NC2(CO)CCCCCC2)s1. The zero-order valence-electron chi connectivity index (χ0n) is 10.3. The number of hydrogen-bond donors (Lipinski definition) is 3. The molecule has 1 amide bonds. The van der Waals surface area contributed by atoms with Crippen LogP contribution >= 0.6 is 11.3 Å². The van der Waals surface area contributed by atoms with Gasteiger partial charge < -0.3 is 16.2 Å². The second-order valence-electron chi connectivity index (χ2n) is 4.87. The number of rotatable bonds is 3. The number of amides is 1. The van der Waals surface area contributed by atoms with Crippen molar-refractivity contribution in [1.29, 1.82) is 0 Å². The standard InChI is InChI=1S/C12H19N3O2S/c13-11-14-7-9(18-11)10(17)15-12(8-16)5-3-1-2-4-6-12/h7,16H,1-6,8H2,(H2,13,14)(H,15,17). The number of nitrogens with one attached hydrogen (secondary N) is 1. The first-order valence-corrected chi connectivity index (χ1v) is 7.11. The molecule has 0 atom stereocenters. The number of aliphatic hydroxyl groups is 1. The van der Waals surface area contributed by atoms with Crippen LogP contribution in [0.4, 0.5) is 5.13 Å². The maximum Gasteiger partial charge on any atom is 0.263 e. The number of carbonyl (C=O) groups excluding carboxylic acids is 1. The number of thiazole rings is 1. The average molecular weight is 269 g/mol. The molecule has 1 aliphatic carbocycles. The Morgan fingerprint density at radius 3 is 2.61 bits per heavy atom. The molecule has 0 aliphatic heterocycles. The van der Waals surface area contributed by atoms with E-state index in [1.165, 1.54) is 30.4 Å². The van der Waals surface area contributed by atoms with Crippen molar-refractivity contribution in [2.24, 2.45) is 0 Å². The van der Waals surface area contributed by atoms with E-state index in [9.17, 15) is 9.90 Å². The van der Waals surface area contributed by atoms with Crippen LogP contribution < -0.4 is 11.1 Å². The normalized spacial score (nSPS) is 19.2. The Bertz CT molecular complexity index is 411. The average Bonchev–Trinajstić information content (AvgIpc) is 2.66. The molecule has 0 bridgehead atoms. The third-order valence-electron chi connectivity index (χ3n) is 3.49. The minimum atomic E-state index is -0.466. The van der Waals surface area contributed by atoms with Gasteiger partial charge in [-0.2, -0.15) is 0 Å². The predicted molar refractivity (Wildman–Crippen MR) is 71.5 cm³/mol. The van der Waals surface area contributed by atoms with Crippen molar-refractivity contribution < 1.29 is 9.90 Å². The van der Waals surface area contributed by atoms with E-state index >= 15 is 0 Å². The Hall–Kier alpha value is -1.14. The van der Waals surface area contributed by atoms with Gasteiger partial charge in [-0.15, -0.1) is 0 Å². The summed E-state index contributed by atoms with van der Waals surface area (Å²) in [7, 11) is 0. The number of aromatic nitrogens is 1. The summed E-state index contributed by atoms with van der Waals surface area (Å²) in [5, 5.41) is 13.0. The topological polar surface area (TPSA) is 88.2 Å². The maximum absolute atomic E-state index is 12.1. The minimum Gasteiger partial charge on any atom is -0.394 e. The van der Waals surface area contributed by atoms with E-state index < -0.39 is 5.54 Å². The lowest BCUT2D eigenvalue weighted by Crippen LogP contribution is -2.50. The summed E-state index contributed by atoms with van der Waals surface area (Å²) < 4.78 is 0. The number of hydrogen-bond acceptors (Lipinski definition) is 5. The van der Waals surface area contributed by atoms with Crippen molar-refractivity contribution in [1.82, 2.24) is 10.3 Å². The van der Waals surface area contributed by atoms with Gasteiger partial charge in [-0.25, -0.2) is 4.98 Å². The number of nitrogens with two attached hydrogens (primary N) is 1. The number of aliphatic hydroxyl groups excluding tert-OH is 1. The van der Waals surface area contributed by atoms with Crippen LogP contribution in [0.2, 0.25) is 0 Å². The number of carbonyl (C=O) groups is 1. The molecule has 1 aliphatic rings. The van der Waals surface area contributed by atoms with Crippen molar-refractivity contribution in [2.75, 3.05) is 12.3 Å². The highest BCUT2D eigenvalue weighted by Crippen LogP contribution is 2.27. The second kappa shape index (κ2) is 5.67. The summed E-state index contributed by atoms with van der Waals surface area (Å²) in [4.78, 5) is 16.5. The van der Waals surface area contributed by atoms with Gasteiger partial charge in [-0.3, -0.25) is 4.79 Å². The summed E-state index contributed by atoms with van der Waals surface area (Å²) in [6, 6.07) is 0. The van der Waals surface area contributed by atoms with Crippen molar-refractivity contribution in [2.45, 2.75) is 44.1 Å². The number of anilines is 1. The van der Waals surface area contributed by atoms with Gasteiger partial charge in [0.2, 0.25) is 0 Å². The van der Waals surface area contributed by atoms with Gasteiger partial charge in [0.1, 0.15) is 4.88 Å². The van der Waals surface area contributed by atoms with Crippen LogP contribution in [0.15, 0.2) is 6.20 Å². The van der Waals surface area contributed by atoms with Crippen molar-refractivity contribution >= 4 is 22.4 Å². The molecule has 0 unspecified atom stereocenters. The quantitative estimate of drug-likeness (QED) is 0.726. The smallest absolute Gasteiger partial charge is 0.263 e. The van der Waals surface area contributed by atoms with Crippen LogP contribution in [0.5, 0.6) is 0 Å². The van der Waals surface area contributed by atoms with Crippen molar-refractivity contribution in [3.8, 4) is 0 Å². The molecule has 5 nitrogen and oxygen atoms in total. The first kappa shape index (κ1) is 13.3. The Balaban J connectivity index is 2.07. The molecular formula is C12H19N3O2S. The fourth-order valence-corrected chi connectivity index (χ4v) is 3.00. The minimum absolute atomic E-state index is 0.00692. The van der Waals surface area contributed by atoms with E-state index in [0.29, 0.717) is 10.0 Å². The molecule has 0 saturated heterocycles. The zero-order valence-corrected chi connectivity index (χ0v) is 11.1. The fraction of sp³-hybridized carbons (Fsp3) is 0.667. The first-order chi connectivity index (χ1) is 8.65. The van der Waals surface area contributed by atoms with Gasteiger partial charge in [-0.05, 0) is 12.8 Å².